The van der Waals surface area contributed by atoms with Crippen molar-refractivity contribution in [2.24, 2.45) is 5.73 Å². The fraction of sp³-hybridized carbons (Fsp3) is 0.120. The van der Waals surface area contributed by atoms with Gasteiger partial charge in [-0.25, -0.2) is 4.98 Å². The summed E-state index contributed by atoms with van der Waals surface area (Å²) < 4.78 is 5.53. The maximum absolute atomic E-state index is 12.8. The summed E-state index contributed by atoms with van der Waals surface area (Å²) in [5.41, 5.74) is 11.8. The molecular formula is C25H23N3O2. The van der Waals surface area contributed by atoms with Crippen LogP contribution in [0.25, 0.3) is 22.6 Å². The fourth-order valence-corrected chi connectivity index (χ4v) is 3.44. The third kappa shape index (κ3) is 4.31. The number of amides is 1. The Morgan fingerprint density at radius 3 is 2.53 bits per heavy atom. The number of anilines is 1. The highest BCUT2D eigenvalue weighted by molar-refractivity contribution is 5.98. The molecule has 30 heavy (non-hydrogen) atoms. The van der Waals surface area contributed by atoms with Crippen LogP contribution in [-0.2, 0) is 11.2 Å². The number of carbonyl (C=O) groups is 1. The van der Waals surface area contributed by atoms with Crippen molar-refractivity contribution in [1.29, 1.82) is 0 Å². The van der Waals surface area contributed by atoms with E-state index in [0.29, 0.717) is 23.6 Å². The van der Waals surface area contributed by atoms with Crippen LogP contribution in [0.15, 0.2) is 89.7 Å². The maximum Gasteiger partial charge on any atom is 0.241 e. The van der Waals surface area contributed by atoms with Crippen LogP contribution in [0.4, 0.5) is 5.69 Å². The highest BCUT2D eigenvalue weighted by Gasteiger charge is 2.18. The lowest BCUT2D eigenvalue weighted by molar-refractivity contribution is -0.117. The quantitative estimate of drug-likeness (QED) is 0.488. The van der Waals surface area contributed by atoms with Crippen LogP contribution in [0.2, 0.25) is 0 Å². The molecule has 150 valence electrons. The van der Waals surface area contributed by atoms with E-state index in [0.717, 1.165) is 22.3 Å². The van der Waals surface area contributed by atoms with Gasteiger partial charge in [0, 0.05) is 0 Å². The van der Waals surface area contributed by atoms with Gasteiger partial charge in [-0.1, -0.05) is 60.7 Å². The molecule has 1 aromatic heterocycles. The van der Waals surface area contributed by atoms with Crippen LogP contribution in [-0.4, -0.2) is 16.9 Å². The number of nitrogens with one attached hydrogen (secondary N) is 1. The summed E-state index contributed by atoms with van der Waals surface area (Å²) in [6, 6.07) is 23.0. The lowest BCUT2D eigenvalue weighted by Crippen LogP contribution is -2.37. The van der Waals surface area contributed by atoms with Gasteiger partial charge in [-0.15, -0.1) is 0 Å². The Bertz CT molecular complexity index is 1140. The van der Waals surface area contributed by atoms with Gasteiger partial charge in [0.15, 0.2) is 0 Å². The van der Waals surface area contributed by atoms with E-state index in [9.17, 15) is 4.79 Å². The van der Waals surface area contributed by atoms with Gasteiger partial charge in [-0.2, -0.15) is 0 Å². The largest absolute Gasteiger partial charge is 0.444 e. The minimum atomic E-state index is -0.666. The van der Waals surface area contributed by atoms with E-state index in [1.165, 1.54) is 6.26 Å². The lowest BCUT2D eigenvalue weighted by atomic mass is 9.98. The molecule has 5 nitrogen and oxygen atoms in total. The smallest absolute Gasteiger partial charge is 0.241 e. The zero-order valence-corrected chi connectivity index (χ0v) is 16.7. The van der Waals surface area contributed by atoms with Crippen LogP contribution in [0, 0.1) is 6.92 Å². The first-order chi connectivity index (χ1) is 14.6. The number of hydrogen-bond donors (Lipinski definition) is 2. The van der Waals surface area contributed by atoms with Gasteiger partial charge in [-0.05, 0) is 47.7 Å². The Hall–Kier alpha value is -3.70. The van der Waals surface area contributed by atoms with Gasteiger partial charge >= 0.3 is 0 Å². The van der Waals surface area contributed by atoms with Crippen molar-refractivity contribution >= 4 is 11.6 Å². The fourth-order valence-electron chi connectivity index (χ4n) is 3.44. The molecule has 5 heteroatoms. The molecular weight excluding hydrogens is 374 g/mol. The molecule has 0 aliphatic carbocycles. The van der Waals surface area contributed by atoms with Crippen molar-refractivity contribution in [3.8, 4) is 22.6 Å². The molecule has 4 aromatic rings. The van der Waals surface area contributed by atoms with Gasteiger partial charge < -0.3 is 15.5 Å². The Balaban J connectivity index is 1.62. The molecule has 0 saturated carbocycles. The van der Waals surface area contributed by atoms with Gasteiger partial charge in [0.25, 0.3) is 0 Å². The van der Waals surface area contributed by atoms with Gasteiger partial charge in [0.2, 0.25) is 11.8 Å². The molecule has 0 aliphatic heterocycles. The van der Waals surface area contributed by atoms with Gasteiger partial charge in [0.05, 0.1) is 23.5 Å². The SMILES string of the molecule is Cc1ccccc1-c1ccc(NC(=O)C(N)Cc2ccccc2)c(-c2ncco2)c1. The first-order valence-electron chi connectivity index (χ1n) is 9.82. The molecule has 3 N–H and O–H groups in total. The number of rotatable bonds is 6. The molecule has 0 bridgehead atoms. The van der Waals surface area contributed by atoms with Gasteiger partial charge in [-0.3, -0.25) is 4.79 Å². The minimum absolute atomic E-state index is 0.254. The molecule has 0 fully saturated rings. The molecule has 4 rings (SSSR count). The maximum atomic E-state index is 12.8. The first-order valence-corrected chi connectivity index (χ1v) is 9.82. The second-order valence-electron chi connectivity index (χ2n) is 7.20. The molecule has 0 aliphatic rings. The zero-order valence-electron chi connectivity index (χ0n) is 16.7. The molecule has 1 unspecified atom stereocenters. The Morgan fingerprint density at radius 1 is 1.03 bits per heavy atom. The first kappa shape index (κ1) is 19.6. The zero-order chi connectivity index (χ0) is 20.9. The number of nitrogens with zero attached hydrogens (tertiary/aromatic N) is 1. The van der Waals surface area contributed by atoms with E-state index >= 15 is 0 Å². The average molecular weight is 397 g/mol. The Labute approximate surface area is 175 Å². The molecule has 3 aromatic carbocycles. The summed E-state index contributed by atoms with van der Waals surface area (Å²) >= 11 is 0. The Kier molecular flexibility index (Phi) is 5.72. The molecule has 0 spiro atoms. The molecule has 1 heterocycles. The highest BCUT2D eigenvalue weighted by atomic mass is 16.3. The number of aromatic nitrogens is 1. The van der Waals surface area contributed by atoms with E-state index in [4.69, 9.17) is 10.2 Å². The van der Waals surface area contributed by atoms with E-state index in [1.54, 1.807) is 6.20 Å². The van der Waals surface area contributed by atoms with E-state index < -0.39 is 6.04 Å². The summed E-state index contributed by atoms with van der Waals surface area (Å²) in [7, 11) is 0. The predicted molar refractivity (Wildman–Crippen MR) is 119 cm³/mol. The Morgan fingerprint density at radius 2 is 1.80 bits per heavy atom. The normalized spacial score (nSPS) is 11.8. The molecule has 1 atom stereocenters. The van der Waals surface area contributed by atoms with Crippen molar-refractivity contribution in [3.05, 3.63) is 96.4 Å². The highest BCUT2D eigenvalue weighted by Crippen LogP contribution is 2.33. The van der Waals surface area contributed by atoms with Crippen molar-refractivity contribution in [2.75, 3.05) is 5.32 Å². The van der Waals surface area contributed by atoms with Crippen molar-refractivity contribution in [3.63, 3.8) is 0 Å². The number of oxazole rings is 1. The summed E-state index contributed by atoms with van der Waals surface area (Å²) in [5, 5.41) is 2.95. The summed E-state index contributed by atoms with van der Waals surface area (Å²) in [4.78, 5) is 17.0. The van der Waals surface area contributed by atoms with E-state index in [1.807, 2.05) is 60.7 Å². The summed E-state index contributed by atoms with van der Waals surface area (Å²) in [6.45, 7) is 2.07. The van der Waals surface area contributed by atoms with Crippen molar-refractivity contribution < 1.29 is 9.21 Å². The van der Waals surface area contributed by atoms with Crippen LogP contribution in [0.1, 0.15) is 11.1 Å². The standard InChI is InChI=1S/C25H23N3O2/c1-17-7-5-6-10-20(17)19-11-12-23(21(16-19)25-27-13-14-30-25)28-24(29)22(26)15-18-8-3-2-4-9-18/h2-14,16,22H,15,26H2,1H3,(H,28,29). The van der Waals surface area contributed by atoms with Gasteiger partial charge in [0.1, 0.15) is 6.26 Å². The molecule has 1 amide bonds. The van der Waals surface area contributed by atoms with Crippen LogP contribution >= 0.6 is 0 Å². The third-order valence-electron chi connectivity index (χ3n) is 5.03. The van der Waals surface area contributed by atoms with E-state index in [2.05, 4.69) is 29.4 Å². The second kappa shape index (κ2) is 8.76. The summed E-state index contributed by atoms with van der Waals surface area (Å²) in [6.07, 6.45) is 3.56. The second-order valence-corrected chi connectivity index (χ2v) is 7.20. The number of benzene rings is 3. The molecule has 0 saturated heterocycles. The van der Waals surface area contributed by atoms with Crippen LogP contribution in [0.3, 0.4) is 0 Å². The minimum Gasteiger partial charge on any atom is -0.444 e. The predicted octanol–water partition coefficient (Wildman–Crippen LogP) is 4.83. The van der Waals surface area contributed by atoms with Crippen LogP contribution in [0.5, 0.6) is 0 Å². The monoisotopic (exact) mass is 397 g/mol. The number of nitrogens with two attached hydrogens (primary N) is 1. The number of aryl methyl sites for hydroxylation is 1. The summed E-state index contributed by atoms with van der Waals surface area (Å²) in [5.74, 6) is 0.188. The molecule has 0 radical (unpaired) electrons. The average Bonchev–Trinajstić information content (AvgIpc) is 3.30. The van der Waals surface area contributed by atoms with Crippen molar-refractivity contribution in [1.82, 2.24) is 4.98 Å². The van der Waals surface area contributed by atoms with E-state index in [-0.39, 0.29) is 5.91 Å². The topological polar surface area (TPSA) is 81.2 Å². The third-order valence-corrected chi connectivity index (χ3v) is 5.03. The van der Waals surface area contributed by atoms with Crippen molar-refractivity contribution in [2.45, 2.75) is 19.4 Å². The number of hydrogen-bond acceptors (Lipinski definition) is 4. The lowest BCUT2D eigenvalue weighted by Gasteiger charge is -2.15. The van der Waals surface area contributed by atoms with Crippen LogP contribution < -0.4 is 11.1 Å². The number of carbonyl (C=O) groups excluding carboxylic acids is 1.